The SMILES string of the molecule is CC(C)COC(=O)/C(C#N)=C/c1ccc(-c2cccc(Cl)c2Cl)o1. The van der Waals surface area contributed by atoms with Crippen LogP contribution in [-0.4, -0.2) is 12.6 Å². The number of furan rings is 1. The second-order valence-electron chi connectivity index (χ2n) is 5.47. The van der Waals surface area contributed by atoms with E-state index in [1.807, 2.05) is 19.9 Å². The Kier molecular flexibility index (Phi) is 6.08. The number of nitrogens with zero attached hydrogens (tertiary/aromatic N) is 1. The fourth-order valence-corrected chi connectivity index (χ4v) is 2.26. The monoisotopic (exact) mass is 363 g/mol. The van der Waals surface area contributed by atoms with Gasteiger partial charge in [-0.15, -0.1) is 0 Å². The van der Waals surface area contributed by atoms with Gasteiger partial charge in [0.05, 0.1) is 16.7 Å². The molecule has 0 radical (unpaired) electrons. The van der Waals surface area contributed by atoms with E-state index < -0.39 is 5.97 Å². The lowest BCUT2D eigenvalue weighted by Gasteiger charge is -2.05. The predicted molar refractivity (Wildman–Crippen MR) is 93.6 cm³/mol. The molecule has 0 saturated carbocycles. The van der Waals surface area contributed by atoms with Crippen molar-refractivity contribution in [1.82, 2.24) is 0 Å². The van der Waals surface area contributed by atoms with Gasteiger partial charge in [-0.25, -0.2) is 4.79 Å². The summed E-state index contributed by atoms with van der Waals surface area (Å²) in [6.45, 7) is 4.08. The Morgan fingerprint density at radius 1 is 1.33 bits per heavy atom. The van der Waals surface area contributed by atoms with E-state index in [1.165, 1.54) is 6.08 Å². The van der Waals surface area contributed by atoms with Gasteiger partial charge >= 0.3 is 5.97 Å². The molecule has 24 heavy (non-hydrogen) atoms. The Morgan fingerprint density at radius 3 is 2.75 bits per heavy atom. The lowest BCUT2D eigenvalue weighted by Crippen LogP contribution is -2.11. The first-order valence-corrected chi connectivity index (χ1v) is 8.01. The zero-order chi connectivity index (χ0) is 17.7. The van der Waals surface area contributed by atoms with Crippen molar-refractivity contribution in [3.05, 3.63) is 51.7 Å². The Balaban J connectivity index is 2.24. The molecular weight excluding hydrogens is 349 g/mol. The molecule has 2 aromatic rings. The number of hydrogen-bond acceptors (Lipinski definition) is 4. The molecule has 0 N–H and O–H groups in total. The molecule has 0 saturated heterocycles. The number of halogens is 2. The molecule has 0 unspecified atom stereocenters. The summed E-state index contributed by atoms with van der Waals surface area (Å²) in [5, 5.41) is 9.92. The highest BCUT2D eigenvalue weighted by Gasteiger charge is 2.14. The third-order valence-corrected chi connectivity index (χ3v) is 3.84. The van der Waals surface area contributed by atoms with Crippen LogP contribution in [-0.2, 0) is 9.53 Å². The molecule has 6 heteroatoms. The van der Waals surface area contributed by atoms with Crippen LogP contribution < -0.4 is 0 Å². The van der Waals surface area contributed by atoms with Crippen molar-refractivity contribution in [1.29, 1.82) is 5.26 Å². The highest BCUT2D eigenvalue weighted by atomic mass is 35.5. The molecule has 1 heterocycles. The number of ether oxygens (including phenoxy) is 1. The van der Waals surface area contributed by atoms with Crippen molar-refractivity contribution < 1.29 is 13.9 Å². The standard InChI is InChI=1S/C18H15Cl2NO3/c1-11(2)10-23-18(22)12(9-21)8-13-6-7-16(24-13)14-4-3-5-15(19)17(14)20/h3-8,11H,10H2,1-2H3/b12-8+. The Hall–Kier alpha value is -2.22. The molecule has 0 spiro atoms. The Morgan fingerprint density at radius 2 is 2.08 bits per heavy atom. The molecule has 0 aliphatic rings. The van der Waals surface area contributed by atoms with Crippen LogP contribution in [0.4, 0.5) is 0 Å². The minimum atomic E-state index is -0.676. The van der Waals surface area contributed by atoms with Crippen LogP contribution in [0.1, 0.15) is 19.6 Å². The Bertz CT molecular complexity index is 816. The number of carbonyl (C=O) groups is 1. The third-order valence-electron chi connectivity index (χ3n) is 3.02. The minimum absolute atomic E-state index is 0.131. The van der Waals surface area contributed by atoms with E-state index >= 15 is 0 Å². The maximum Gasteiger partial charge on any atom is 0.349 e. The van der Waals surface area contributed by atoms with E-state index in [1.54, 1.807) is 30.3 Å². The molecular formula is C18H15Cl2NO3. The summed E-state index contributed by atoms with van der Waals surface area (Å²) in [5.74, 6) is 0.347. The first-order valence-electron chi connectivity index (χ1n) is 7.25. The second-order valence-corrected chi connectivity index (χ2v) is 6.25. The van der Waals surface area contributed by atoms with Gasteiger partial charge < -0.3 is 9.15 Å². The average molecular weight is 364 g/mol. The van der Waals surface area contributed by atoms with Gasteiger partial charge in [-0.2, -0.15) is 5.26 Å². The lowest BCUT2D eigenvalue weighted by molar-refractivity contribution is -0.139. The predicted octanol–water partition coefficient (Wildman–Crippen LogP) is 5.36. The van der Waals surface area contributed by atoms with E-state index in [4.69, 9.17) is 37.6 Å². The molecule has 0 atom stereocenters. The van der Waals surface area contributed by atoms with E-state index in [0.717, 1.165) is 0 Å². The number of rotatable bonds is 5. The topological polar surface area (TPSA) is 63.2 Å². The van der Waals surface area contributed by atoms with Crippen LogP contribution in [0.5, 0.6) is 0 Å². The van der Waals surface area contributed by atoms with Gasteiger partial charge in [-0.3, -0.25) is 0 Å². The van der Waals surface area contributed by atoms with Crippen molar-refractivity contribution in [2.24, 2.45) is 5.92 Å². The van der Waals surface area contributed by atoms with Crippen LogP contribution in [0, 0.1) is 17.2 Å². The van der Waals surface area contributed by atoms with Crippen molar-refractivity contribution in [2.45, 2.75) is 13.8 Å². The lowest BCUT2D eigenvalue weighted by atomic mass is 10.2. The number of hydrogen-bond donors (Lipinski definition) is 0. The molecule has 2 rings (SSSR count). The van der Waals surface area contributed by atoms with Crippen LogP contribution in [0.15, 0.2) is 40.3 Å². The number of carbonyl (C=O) groups excluding carboxylic acids is 1. The molecule has 0 fully saturated rings. The van der Waals surface area contributed by atoms with Gasteiger partial charge in [0.15, 0.2) is 0 Å². The second kappa shape index (κ2) is 8.05. The van der Waals surface area contributed by atoms with Crippen molar-refractivity contribution in [2.75, 3.05) is 6.61 Å². The molecule has 124 valence electrons. The average Bonchev–Trinajstić information content (AvgIpc) is 3.01. The van der Waals surface area contributed by atoms with E-state index in [-0.39, 0.29) is 18.1 Å². The van der Waals surface area contributed by atoms with Gasteiger partial charge in [-0.05, 0) is 30.2 Å². The van der Waals surface area contributed by atoms with Gasteiger partial charge in [0.2, 0.25) is 0 Å². The highest BCUT2D eigenvalue weighted by molar-refractivity contribution is 6.43. The normalized spacial score (nSPS) is 11.4. The maximum atomic E-state index is 11.9. The molecule has 4 nitrogen and oxygen atoms in total. The molecule has 0 amide bonds. The fourth-order valence-electron chi connectivity index (χ4n) is 1.87. The number of esters is 1. The van der Waals surface area contributed by atoms with Gasteiger partial charge in [0.25, 0.3) is 0 Å². The van der Waals surface area contributed by atoms with Gasteiger partial charge in [0, 0.05) is 11.6 Å². The van der Waals surface area contributed by atoms with Crippen LogP contribution >= 0.6 is 23.2 Å². The first kappa shape index (κ1) is 18.1. The van der Waals surface area contributed by atoms with Crippen molar-refractivity contribution >= 4 is 35.2 Å². The van der Waals surface area contributed by atoms with Gasteiger partial charge in [0.1, 0.15) is 23.2 Å². The third kappa shape index (κ3) is 4.41. The summed E-state index contributed by atoms with van der Waals surface area (Å²) in [6.07, 6.45) is 1.34. The molecule has 1 aromatic carbocycles. The summed E-state index contributed by atoms with van der Waals surface area (Å²) < 4.78 is 10.7. The molecule has 0 aliphatic heterocycles. The fraction of sp³-hybridized carbons (Fsp3) is 0.222. The largest absolute Gasteiger partial charge is 0.461 e. The van der Waals surface area contributed by atoms with Crippen molar-refractivity contribution in [3.8, 4) is 17.4 Å². The van der Waals surface area contributed by atoms with Crippen LogP contribution in [0.3, 0.4) is 0 Å². The summed E-state index contributed by atoms with van der Waals surface area (Å²) >= 11 is 12.1. The Labute approximate surface area is 150 Å². The van der Waals surface area contributed by atoms with Gasteiger partial charge in [-0.1, -0.05) is 43.1 Å². The molecule has 0 aliphatic carbocycles. The summed E-state index contributed by atoms with van der Waals surface area (Å²) in [6, 6.07) is 10.4. The summed E-state index contributed by atoms with van der Waals surface area (Å²) in [7, 11) is 0. The smallest absolute Gasteiger partial charge is 0.349 e. The summed E-state index contributed by atoms with van der Waals surface area (Å²) in [4.78, 5) is 11.9. The quantitative estimate of drug-likeness (QED) is 0.407. The zero-order valence-corrected chi connectivity index (χ0v) is 14.7. The summed E-state index contributed by atoms with van der Waals surface area (Å²) in [5.41, 5.74) is 0.499. The van der Waals surface area contributed by atoms with E-state index in [0.29, 0.717) is 27.1 Å². The number of nitriles is 1. The zero-order valence-electron chi connectivity index (χ0n) is 13.2. The minimum Gasteiger partial charge on any atom is -0.461 e. The van der Waals surface area contributed by atoms with E-state index in [2.05, 4.69) is 0 Å². The first-order chi connectivity index (χ1) is 11.4. The van der Waals surface area contributed by atoms with E-state index in [9.17, 15) is 4.79 Å². The van der Waals surface area contributed by atoms with Crippen molar-refractivity contribution in [3.63, 3.8) is 0 Å². The molecule has 0 bridgehead atoms. The molecule has 1 aromatic heterocycles. The van der Waals surface area contributed by atoms with Crippen LogP contribution in [0.2, 0.25) is 10.0 Å². The number of benzene rings is 1. The highest BCUT2D eigenvalue weighted by Crippen LogP contribution is 2.34. The maximum absolute atomic E-state index is 11.9. The van der Waals surface area contributed by atoms with Crippen LogP contribution in [0.25, 0.3) is 17.4 Å².